The van der Waals surface area contributed by atoms with Gasteiger partial charge in [-0.05, 0) is 102 Å². The molecule has 0 radical (unpaired) electrons. The Labute approximate surface area is 361 Å². The van der Waals surface area contributed by atoms with Crippen LogP contribution in [0.2, 0.25) is 0 Å². The van der Waals surface area contributed by atoms with Crippen molar-refractivity contribution >= 4 is 51.7 Å². The van der Waals surface area contributed by atoms with E-state index in [1.165, 1.54) is 12.1 Å². The number of benzene rings is 5. The molecule has 5 aromatic rings. The van der Waals surface area contributed by atoms with E-state index < -0.39 is 11.7 Å². The van der Waals surface area contributed by atoms with Crippen LogP contribution in [0.4, 0.5) is 18.9 Å². The molecule has 326 valence electrons. The first kappa shape index (κ1) is 45.4. The number of fused-ring (bicyclic) bond motifs is 2. The highest BCUT2D eigenvalue weighted by molar-refractivity contribution is 6.29. The first-order valence-corrected chi connectivity index (χ1v) is 20.5. The van der Waals surface area contributed by atoms with E-state index in [9.17, 15) is 32.3 Å². The molecule has 12 nitrogen and oxygen atoms in total. The van der Waals surface area contributed by atoms with Crippen molar-refractivity contribution in [3.63, 3.8) is 0 Å². The van der Waals surface area contributed by atoms with E-state index in [1.54, 1.807) is 41.3 Å². The number of alkyl halides is 4. The molecule has 0 unspecified atom stereocenters. The Morgan fingerprint density at radius 3 is 2.18 bits per heavy atom. The lowest BCUT2D eigenvalue weighted by Gasteiger charge is -2.29. The zero-order chi connectivity index (χ0) is 43.9. The molecule has 0 atom stereocenters. The third kappa shape index (κ3) is 13.2. The van der Waals surface area contributed by atoms with Gasteiger partial charge < -0.3 is 39.8 Å². The Morgan fingerprint density at radius 1 is 0.726 bits per heavy atom. The summed E-state index contributed by atoms with van der Waals surface area (Å²) in [6.45, 7) is 2.53. The molecule has 1 aliphatic rings. The van der Waals surface area contributed by atoms with Gasteiger partial charge in [-0.15, -0.1) is 11.6 Å². The predicted molar refractivity (Wildman–Crippen MR) is 228 cm³/mol. The molecule has 6 rings (SSSR count). The van der Waals surface area contributed by atoms with Crippen molar-refractivity contribution in [1.82, 2.24) is 16.0 Å². The van der Waals surface area contributed by atoms with Gasteiger partial charge >= 0.3 is 6.18 Å². The Balaban J connectivity index is 0.819. The van der Waals surface area contributed by atoms with Crippen LogP contribution < -0.4 is 30.3 Å². The van der Waals surface area contributed by atoms with Gasteiger partial charge in [0, 0.05) is 42.8 Å². The summed E-state index contributed by atoms with van der Waals surface area (Å²) in [5.41, 5.74) is 3.04. The van der Waals surface area contributed by atoms with Crippen LogP contribution in [0.5, 0.6) is 17.2 Å². The molecule has 0 aromatic heterocycles. The highest BCUT2D eigenvalue weighted by atomic mass is 35.5. The van der Waals surface area contributed by atoms with Gasteiger partial charge in [-0.2, -0.15) is 13.2 Å². The van der Waals surface area contributed by atoms with Gasteiger partial charge in [-0.25, -0.2) is 0 Å². The Kier molecular flexibility index (Phi) is 16.2. The number of anilines is 1. The number of hydrogen-bond donors (Lipinski definition) is 3. The van der Waals surface area contributed by atoms with E-state index in [0.717, 1.165) is 52.7 Å². The monoisotopic (exact) mass is 874 g/mol. The maximum absolute atomic E-state index is 13.1. The lowest BCUT2D eigenvalue weighted by atomic mass is 10.0. The normalized spacial score (nSPS) is 12.4. The zero-order valence-electron chi connectivity index (χ0n) is 33.7. The quantitative estimate of drug-likeness (QED) is 0.0562. The van der Waals surface area contributed by atoms with Gasteiger partial charge in [0.2, 0.25) is 11.8 Å². The number of carbonyl (C=O) groups is 4. The molecule has 16 heteroatoms. The largest absolute Gasteiger partial charge is 0.484 e. The fourth-order valence-electron chi connectivity index (χ4n) is 6.75. The van der Waals surface area contributed by atoms with E-state index in [4.69, 9.17) is 30.5 Å². The fraction of sp³-hybridized carbons (Fsp3) is 0.304. The predicted octanol–water partition coefficient (Wildman–Crippen LogP) is 6.99. The minimum absolute atomic E-state index is 0.0786. The number of hydrogen-bond acceptors (Lipinski definition) is 8. The van der Waals surface area contributed by atoms with Gasteiger partial charge in [-0.3, -0.25) is 19.2 Å². The van der Waals surface area contributed by atoms with Crippen molar-refractivity contribution in [2.45, 2.75) is 32.0 Å². The number of halogens is 4. The zero-order valence-corrected chi connectivity index (χ0v) is 34.5. The average molecular weight is 875 g/mol. The summed E-state index contributed by atoms with van der Waals surface area (Å²) in [7, 11) is 0. The number of aryl methyl sites for hydroxylation is 1. The van der Waals surface area contributed by atoms with E-state index in [2.05, 4.69) is 16.0 Å². The van der Waals surface area contributed by atoms with Crippen LogP contribution in [0.15, 0.2) is 103 Å². The van der Waals surface area contributed by atoms with Crippen LogP contribution in [0.25, 0.3) is 10.8 Å². The first-order chi connectivity index (χ1) is 30.0. The van der Waals surface area contributed by atoms with Gasteiger partial charge in [0.1, 0.15) is 23.1 Å². The summed E-state index contributed by atoms with van der Waals surface area (Å²) in [6.07, 6.45) is -2.66. The molecule has 3 N–H and O–H groups in total. The van der Waals surface area contributed by atoms with Crippen LogP contribution in [-0.2, 0) is 49.4 Å². The second-order valence-corrected chi connectivity index (χ2v) is 14.5. The van der Waals surface area contributed by atoms with Crippen LogP contribution in [0, 0.1) is 0 Å². The van der Waals surface area contributed by atoms with Crippen molar-refractivity contribution in [2.75, 3.05) is 63.4 Å². The second kappa shape index (κ2) is 22.1. The molecule has 5 aromatic carbocycles. The Hall–Kier alpha value is -6.16. The summed E-state index contributed by atoms with van der Waals surface area (Å²) >= 11 is 5.74. The maximum atomic E-state index is 13.1. The summed E-state index contributed by atoms with van der Waals surface area (Å²) in [4.78, 5) is 51.7. The van der Waals surface area contributed by atoms with Gasteiger partial charge in [0.15, 0.2) is 6.61 Å². The van der Waals surface area contributed by atoms with Crippen molar-refractivity contribution in [2.24, 2.45) is 0 Å². The van der Waals surface area contributed by atoms with Gasteiger partial charge in [0.05, 0.1) is 38.4 Å². The molecule has 62 heavy (non-hydrogen) atoms. The Morgan fingerprint density at radius 2 is 1.44 bits per heavy atom. The van der Waals surface area contributed by atoms with E-state index in [-0.39, 0.29) is 61.4 Å². The molecule has 0 aliphatic carbocycles. The number of ether oxygens (including phenoxy) is 4. The molecule has 0 spiro atoms. The fourth-order valence-corrected chi connectivity index (χ4v) is 6.89. The minimum Gasteiger partial charge on any atom is -0.484 e. The molecule has 0 bridgehead atoms. The minimum atomic E-state index is -4.44. The number of carbonyl (C=O) groups excluding carboxylic acids is 4. The summed E-state index contributed by atoms with van der Waals surface area (Å²) in [5.74, 6) is 0.244. The standard InChI is InChI=1S/C46H46ClF3N4O8/c47-28-44(57)54-19-3-7-34-27-38(14-16-40(34)54)61-30-43(56)52-18-21-60-23-22-59-20-17-51-42(55)25-31-4-1-5-32(24-31)29-53-45(58)35-9-15-39-33(26-35)6-2-8-41(39)62-37-12-10-36(11-13-37)46(48,49)50/h1-2,4-6,8-16,24,26-27H,3,7,17-23,25,28-30H2,(H,51,55)(H,52,56)(H,53,58). The first-order valence-electron chi connectivity index (χ1n) is 20.0. The molecule has 0 fully saturated rings. The van der Waals surface area contributed by atoms with E-state index >= 15 is 0 Å². The van der Waals surface area contributed by atoms with E-state index in [0.29, 0.717) is 61.9 Å². The third-order valence-corrected chi connectivity index (χ3v) is 10.0. The van der Waals surface area contributed by atoms with Crippen molar-refractivity contribution < 1.29 is 51.3 Å². The summed E-state index contributed by atoms with van der Waals surface area (Å²) < 4.78 is 61.4. The topological polar surface area (TPSA) is 145 Å². The number of nitrogens with zero attached hydrogens (tertiary/aromatic N) is 1. The van der Waals surface area contributed by atoms with Gasteiger partial charge in [0.25, 0.3) is 11.8 Å². The lowest BCUT2D eigenvalue weighted by molar-refractivity contribution is -0.137. The van der Waals surface area contributed by atoms with Crippen molar-refractivity contribution in [3.05, 3.63) is 131 Å². The van der Waals surface area contributed by atoms with Gasteiger partial charge in [-0.1, -0.05) is 36.4 Å². The molecular formula is C46H46ClF3N4O8. The second-order valence-electron chi connectivity index (χ2n) is 14.3. The lowest BCUT2D eigenvalue weighted by Crippen LogP contribution is -2.36. The average Bonchev–Trinajstić information content (AvgIpc) is 3.27. The molecule has 0 saturated carbocycles. The molecule has 1 aliphatic heterocycles. The van der Waals surface area contributed by atoms with Crippen LogP contribution in [0.3, 0.4) is 0 Å². The number of rotatable bonds is 20. The smallest absolute Gasteiger partial charge is 0.416 e. The highest BCUT2D eigenvalue weighted by Crippen LogP contribution is 2.34. The van der Waals surface area contributed by atoms with Crippen molar-refractivity contribution in [3.8, 4) is 17.2 Å². The van der Waals surface area contributed by atoms with E-state index in [1.807, 2.05) is 42.5 Å². The number of amides is 4. The van der Waals surface area contributed by atoms with Crippen molar-refractivity contribution in [1.29, 1.82) is 0 Å². The Bertz CT molecular complexity index is 2340. The molecule has 0 saturated heterocycles. The summed E-state index contributed by atoms with van der Waals surface area (Å²) in [6, 6.07) is 27.5. The SMILES string of the molecule is O=C(COc1ccc2c(c1)CCCN2C(=O)CCl)NCCOCCOCCNC(=O)Cc1cccc(CNC(=O)c2ccc3c(Oc4ccc(C(F)(F)F)cc4)cccc3c2)c1. The van der Waals surface area contributed by atoms with Crippen LogP contribution in [-0.4, -0.2) is 82.2 Å². The molecule has 1 heterocycles. The maximum Gasteiger partial charge on any atom is 0.416 e. The number of nitrogens with one attached hydrogen (secondary N) is 3. The van der Waals surface area contributed by atoms with Crippen LogP contribution >= 0.6 is 11.6 Å². The summed E-state index contributed by atoms with van der Waals surface area (Å²) in [5, 5.41) is 9.88. The van der Waals surface area contributed by atoms with Crippen LogP contribution in [0.1, 0.15) is 39.0 Å². The molecule has 4 amide bonds. The highest BCUT2D eigenvalue weighted by Gasteiger charge is 2.30. The molecular weight excluding hydrogens is 829 g/mol. The third-order valence-electron chi connectivity index (χ3n) is 9.79.